The molecule has 0 radical (unpaired) electrons. The highest BCUT2D eigenvalue weighted by Gasteiger charge is 2.52. The Morgan fingerprint density at radius 1 is 1.11 bits per heavy atom. The topological polar surface area (TPSA) is 198 Å². The van der Waals surface area contributed by atoms with Crippen LogP contribution in [-0.2, 0) is 38.1 Å². The van der Waals surface area contributed by atoms with Gasteiger partial charge in [0.1, 0.15) is 29.8 Å². The summed E-state index contributed by atoms with van der Waals surface area (Å²) in [5.74, 6) is -7.30. The van der Waals surface area contributed by atoms with Crippen LogP contribution in [-0.4, -0.2) is 93.6 Å². The third-order valence-electron chi connectivity index (χ3n) is 11.3. The molecule has 56 heavy (non-hydrogen) atoms. The number of amides is 1. The number of methoxy groups -OCH3 is 1. The van der Waals surface area contributed by atoms with Crippen molar-refractivity contribution in [3.8, 4) is 0 Å². The smallest absolute Gasteiger partial charge is 0.334 e. The molecule has 2 aliphatic heterocycles. The first-order chi connectivity index (χ1) is 26.2. The molecule has 0 aromatic rings. The second-order valence-electron chi connectivity index (χ2n) is 15.9. The monoisotopic (exact) mass is 785 g/mol. The van der Waals surface area contributed by atoms with Gasteiger partial charge in [0.25, 0.3) is 0 Å². The Labute approximate surface area is 331 Å². The molecule has 12 atom stereocenters. The lowest BCUT2D eigenvalue weighted by Gasteiger charge is -2.49. The molecular weight excluding hydrogens is 722 g/mol. The number of aliphatic hydroxyl groups is 4. The van der Waals surface area contributed by atoms with Crippen molar-refractivity contribution in [1.29, 1.82) is 0 Å². The van der Waals surface area contributed by atoms with Crippen molar-refractivity contribution >= 4 is 23.6 Å². The van der Waals surface area contributed by atoms with E-state index < -0.39 is 77.9 Å². The van der Waals surface area contributed by atoms with Gasteiger partial charge in [0.05, 0.1) is 18.3 Å². The van der Waals surface area contributed by atoms with Gasteiger partial charge in [-0.25, -0.2) is 9.59 Å². The standard InChI is InChI=1S/C43H63NO12/c1-11-33-28(7)35(54-37(48)18-17-36(47)44-38-31(45)15-16-32(38)46)22-43(52,56-33)30(9)40(50)29(8)41-34(53-10)14-12-13-23(2)19-25(4)39(49)26(5)20-24(3)21-27(6)42(51)55-41/h12-14,17-18,20-21,25-26,28-30,33-35,39-41,45,49-50,52H,11,15-16,19,22H2,1-10H3,(H,44,47)/b14-12+,18-17-,23-13-,24-20+,27-21+. The van der Waals surface area contributed by atoms with Crippen molar-refractivity contribution in [2.24, 2.45) is 29.6 Å². The van der Waals surface area contributed by atoms with E-state index in [0.29, 0.717) is 18.4 Å². The van der Waals surface area contributed by atoms with Gasteiger partial charge in [-0.05, 0) is 45.6 Å². The minimum atomic E-state index is -1.99. The molecule has 0 bridgehead atoms. The van der Waals surface area contributed by atoms with Crippen LogP contribution in [0.4, 0.5) is 0 Å². The van der Waals surface area contributed by atoms with Gasteiger partial charge in [0.2, 0.25) is 5.91 Å². The lowest BCUT2D eigenvalue weighted by molar-refractivity contribution is -0.323. The van der Waals surface area contributed by atoms with Crippen molar-refractivity contribution in [3.05, 3.63) is 70.7 Å². The van der Waals surface area contributed by atoms with Crippen molar-refractivity contribution in [1.82, 2.24) is 5.32 Å². The number of Topliss-reactive ketones (excluding diaryl/α,β-unsaturated/α-hetero) is 1. The van der Waals surface area contributed by atoms with Crippen molar-refractivity contribution in [2.45, 2.75) is 137 Å². The number of allylic oxidation sites excluding steroid dienone is 7. The van der Waals surface area contributed by atoms with Crippen LogP contribution in [0, 0.1) is 29.6 Å². The van der Waals surface area contributed by atoms with E-state index in [1.54, 1.807) is 39.0 Å². The summed E-state index contributed by atoms with van der Waals surface area (Å²) in [5, 5.41) is 47.1. The Balaban J connectivity index is 1.87. The molecule has 13 heteroatoms. The summed E-state index contributed by atoms with van der Waals surface area (Å²) in [7, 11) is 1.47. The number of ether oxygens (including phenoxy) is 4. The number of esters is 2. The fraction of sp³-hybridized carbons (Fsp3) is 0.628. The molecule has 3 aliphatic rings. The number of carbonyl (C=O) groups excluding carboxylic acids is 4. The highest BCUT2D eigenvalue weighted by atomic mass is 16.6. The van der Waals surface area contributed by atoms with Crippen LogP contribution >= 0.6 is 0 Å². The van der Waals surface area contributed by atoms with Crippen LogP contribution in [0.15, 0.2) is 70.7 Å². The molecule has 5 N–H and O–H groups in total. The number of rotatable bonds is 10. The normalized spacial score (nSPS) is 36.3. The Morgan fingerprint density at radius 3 is 2.39 bits per heavy atom. The van der Waals surface area contributed by atoms with E-state index in [1.807, 2.05) is 53.7 Å². The van der Waals surface area contributed by atoms with Crippen molar-refractivity contribution < 1.29 is 58.6 Å². The molecule has 312 valence electrons. The van der Waals surface area contributed by atoms with Gasteiger partial charge in [0.15, 0.2) is 11.6 Å². The zero-order valence-electron chi connectivity index (χ0n) is 34.5. The van der Waals surface area contributed by atoms with Crippen molar-refractivity contribution in [2.75, 3.05) is 7.11 Å². The van der Waals surface area contributed by atoms with E-state index in [-0.39, 0.29) is 48.5 Å². The summed E-state index contributed by atoms with van der Waals surface area (Å²) in [6.07, 6.45) is 6.74. The van der Waals surface area contributed by atoms with Crippen LogP contribution in [0.2, 0.25) is 0 Å². The van der Waals surface area contributed by atoms with Gasteiger partial charge in [-0.1, -0.05) is 77.0 Å². The van der Waals surface area contributed by atoms with Crippen LogP contribution in [0.5, 0.6) is 0 Å². The predicted octanol–water partition coefficient (Wildman–Crippen LogP) is 5.22. The second-order valence-corrected chi connectivity index (χ2v) is 15.9. The van der Waals surface area contributed by atoms with Gasteiger partial charge >= 0.3 is 11.9 Å². The Kier molecular flexibility index (Phi) is 17.0. The van der Waals surface area contributed by atoms with Gasteiger partial charge in [-0.15, -0.1) is 0 Å². The zero-order chi connectivity index (χ0) is 42.1. The van der Waals surface area contributed by atoms with Gasteiger partial charge in [-0.2, -0.15) is 0 Å². The Morgan fingerprint density at radius 2 is 1.79 bits per heavy atom. The molecule has 0 aromatic heterocycles. The van der Waals surface area contributed by atoms with E-state index in [0.717, 1.165) is 23.3 Å². The van der Waals surface area contributed by atoms with E-state index in [1.165, 1.54) is 7.11 Å². The highest BCUT2D eigenvalue weighted by Crippen LogP contribution is 2.41. The molecule has 12 unspecified atom stereocenters. The maximum absolute atomic E-state index is 13.6. The zero-order valence-corrected chi connectivity index (χ0v) is 34.5. The van der Waals surface area contributed by atoms with E-state index in [2.05, 4.69) is 5.32 Å². The average Bonchev–Trinajstić information content (AvgIpc) is 3.46. The number of hydrogen-bond donors (Lipinski definition) is 5. The third-order valence-corrected chi connectivity index (χ3v) is 11.3. The lowest BCUT2D eigenvalue weighted by Crippen LogP contribution is -2.58. The van der Waals surface area contributed by atoms with Crippen LogP contribution < -0.4 is 5.32 Å². The summed E-state index contributed by atoms with van der Waals surface area (Å²) in [4.78, 5) is 50.8. The SMILES string of the molecule is CCC1OC(O)(C(C)C(O)C(C)C2OC(=O)/C(C)=C/C(C)=C/C(C)C(O)C(C)C/C(C)=C\C=C\C2OC)CC(OC(=O)/C=C\C(=O)NC2=C(O)CCC2=O)C1C. The average molecular weight is 786 g/mol. The molecule has 1 amide bonds. The molecule has 13 nitrogen and oxygen atoms in total. The Hall–Kier alpha value is -3.88. The Bertz CT molecular complexity index is 1620. The molecular formula is C43H63NO12. The number of nitrogens with one attached hydrogen (secondary N) is 1. The van der Waals surface area contributed by atoms with E-state index in [4.69, 9.17) is 18.9 Å². The van der Waals surface area contributed by atoms with Crippen LogP contribution in [0.25, 0.3) is 0 Å². The summed E-state index contributed by atoms with van der Waals surface area (Å²) in [6.45, 7) is 16.4. The largest absolute Gasteiger partial charge is 0.510 e. The minimum absolute atomic E-state index is 0.0259. The second kappa shape index (κ2) is 20.5. The van der Waals surface area contributed by atoms with Gasteiger partial charge in [-0.3, -0.25) is 9.59 Å². The first-order valence-electron chi connectivity index (χ1n) is 19.6. The maximum atomic E-state index is 13.6. The maximum Gasteiger partial charge on any atom is 0.334 e. The van der Waals surface area contributed by atoms with Crippen LogP contribution in [0.3, 0.4) is 0 Å². The molecule has 2 heterocycles. The predicted molar refractivity (Wildman–Crippen MR) is 209 cm³/mol. The molecule has 1 saturated heterocycles. The summed E-state index contributed by atoms with van der Waals surface area (Å²) < 4.78 is 23.9. The summed E-state index contributed by atoms with van der Waals surface area (Å²) in [6, 6.07) is 0. The van der Waals surface area contributed by atoms with E-state index in [9.17, 15) is 39.6 Å². The lowest BCUT2D eigenvalue weighted by atomic mass is 9.77. The third kappa shape index (κ3) is 12.1. The fourth-order valence-electron chi connectivity index (χ4n) is 7.75. The quantitative estimate of drug-likeness (QED) is 0.143. The van der Waals surface area contributed by atoms with E-state index >= 15 is 0 Å². The molecule has 1 aliphatic carbocycles. The minimum Gasteiger partial charge on any atom is -0.510 e. The van der Waals surface area contributed by atoms with Crippen molar-refractivity contribution in [3.63, 3.8) is 0 Å². The molecule has 1 fully saturated rings. The van der Waals surface area contributed by atoms with Gasteiger partial charge in [0, 0.05) is 67.8 Å². The summed E-state index contributed by atoms with van der Waals surface area (Å²) in [5.41, 5.74) is 1.92. The number of carbonyl (C=O) groups is 4. The van der Waals surface area contributed by atoms with Gasteiger partial charge < -0.3 is 44.7 Å². The molecule has 0 aromatic carbocycles. The van der Waals surface area contributed by atoms with Crippen LogP contribution in [0.1, 0.15) is 94.4 Å². The molecule has 3 rings (SSSR count). The highest BCUT2D eigenvalue weighted by molar-refractivity contribution is 6.04. The number of ketones is 1. The first kappa shape index (κ1) is 46.5. The number of hydrogen-bond acceptors (Lipinski definition) is 12. The molecule has 0 saturated carbocycles. The first-order valence-corrected chi connectivity index (χ1v) is 19.6. The number of cyclic esters (lactones) is 1. The summed E-state index contributed by atoms with van der Waals surface area (Å²) >= 11 is 0. The molecule has 0 spiro atoms. The number of aliphatic hydroxyl groups excluding tert-OH is 3. The fourth-order valence-corrected chi connectivity index (χ4v) is 7.75.